The van der Waals surface area contributed by atoms with E-state index in [0.29, 0.717) is 12.6 Å². The number of hydrogen-bond acceptors (Lipinski definition) is 5. The normalized spacial score (nSPS) is 16.6. The fourth-order valence-electron chi connectivity index (χ4n) is 2.42. The Morgan fingerprint density at radius 3 is 2.81 bits per heavy atom. The second-order valence-electron chi connectivity index (χ2n) is 5.42. The Hall–Kier alpha value is -2.81. The van der Waals surface area contributed by atoms with Gasteiger partial charge in [0.05, 0.1) is 22.5 Å². The van der Waals surface area contributed by atoms with E-state index in [1.165, 1.54) is 0 Å². The molecule has 1 aliphatic heterocycles. The highest BCUT2D eigenvalue weighted by Crippen LogP contribution is 2.32. The molecule has 0 bridgehead atoms. The number of hydrogen-bond donors (Lipinski definition) is 2. The number of hydrazine groups is 1. The van der Waals surface area contributed by atoms with Gasteiger partial charge in [0.25, 0.3) is 5.91 Å². The maximum atomic E-state index is 12.6. The van der Waals surface area contributed by atoms with Crippen LogP contribution < -0.4 is 15.8 Å². The number of nitrogens with zero attached hydrogens (tertiary/aromatic N) is 3. The number of rotatable bonds is 4. The van der Waals surface area contributed by atoms with Crippen LogP contribution in [-0.2, 0) is 11.0 Å². The number of aromatic nitrogens is 2. The summed E-state index contributed by atoms with van der Waals surface area (Å²) in [6.07, 6.45) is 3.41. The topological polar surface area (TPSA) is 70.2 Å². The van der Waals surface area contributed by atoms with Crippen LogP contribution in [-0.4, -0.2) is 21.9 Å². The number of alkyl halides is 3. The Morgan fingerprint density at radius 1 is 1.35 bits per heavy atom. The molecule has 26 heavy (non-hydrogen) atoms. The Balaban J connectivity index is 1.66. The molecule has 0 aliphatic carbocycles. The first kappa shape index (κ1) is 18.0. The molecule has 2 N–H and O–H groups in total. The lowest BCUT2D eigenvalue weighted by molar-refractivity contribution is -0.137. The highest BCUT2D eigenvalue weighted by Gasteiger charge is 2.32. The molecule has 2 aromatic rings. The van der Waals surface area contributed by atoms with Gasteiger partial charge in [-0.2, -0.15) is 13.2 Å². The highest BCUT2D eigenvalue weighted by molar-refractivity contribution is 6.33. The van der Waals surface area contributed by atoms with Crippen molar-refractivity contribution in [3.63, 3.8) is 0 Å². The molecule has 1 amide bonds. The van der Waals surface area contributed by atoms with E-state index >= 15 is 0 Å². The number of carbonyl (C=O) groups is 1. The zero-order valence-electron chi connectivity index (χ0n) is 13.2. The predicted octanol–water partition coefficient (Wildman–Crippen LogP) is 3.38. The Morgan fingerprint density at radius 2 is 2.15 bits per heavy atom. The lowest BCUT2D eigenvalue weighted by Crippen LogP contribution is -2.44. The second-order valence-corrected chi connectivity index (χ2v) is 5.83. The molecule has 0 spiro atoms. The smallest absolute Gasteiger partial charge is 0.334 e. The van der Waals surface area contributed by atoms with Gasteiger partial charge >= 0.3 is 6.18 Å². The van der Waals surface area contributed by atoms with E-state index in [2.05, 4.69) is 20.8 Å². The van der Waals surface area contributed by atoms with Crippen LogP contribution >= 0.6 is 11.6 Å². The lowest BCUT2D eigenvalue weighted by Gasteiger charge is -2.24. The first-order valence-corrected chi connectivity index (χ1v) is 7.87. The number of anilines is 2. The molecule has 2 aromatic heterocycles. The molecule has 0 radical (unpaired) electrons. The van der Waals surface area contributed by atoms with Gasteiger partial charge in [-0.25, -0.2) is 4.98 Å². The molecule has 136 valence electrons. The summed E-state index contributed by atoms with van der Waals surface area (Å²) in [4.78, 5) is 21.8. The van der Waals surface area contributed by atoms with Gasteiger partial charge in [-0.15, -0.1) is 0 Å². The molecule has 10 heteroatoms. The van der Waals surface area contributed by atoms with Crippen LogP contribution in [0.25, 0.3) is 0 Å². The minimum absolute atomic E-state index is 0.0769. The molecule has 1 unspecified atom stereocenters. The number of pyridine rings is 2. The molecule has 3 heterocycles. The molecular weight excluding hydrogens is 371 g/mol. The van der Waals surface area contributed by atoms with Gasteiger partial charge in [0, 0.05) is 18.6 Å². The van der Waals surface area contributed by atoms with Crippen LogP contribution in [0.1, 0.15) is 12.0 Å². The Kier molecular flexibility index (Phi) is 4.99. The average Bonchev–Trinajstić information content (AvgIpc) is 3.10. The van der Waals surface area contributed by atoms with E-state index < -0.39 is 23.7 Å². The Bertz CT molecular complexity index is 828. The van der Waals surface area contributed by atoms with Crippen molar-refractivity contribution in [3.05, 3.63) is 59.7 Å². The third-order valence-electron chi connectivity index (χ3n) is 3.68. The molecule has 6 nitrogen and oxygen atoms in total. The fraction of sp³-hybridized carbons (Fsp3) is 0.188. The van der Waals surface area contributed by atoms with Crippen molar-refractivity contribution in [2.24, 2.45) is 0 Å². The fourth-order valence-corrected chi connectivity index (χ4v) is 2.63. The number of carbonyl (C=O) groups excluding carboxylic acids is 1. The Labute approximate surface area is 151 Å². The maximum Gasteiger partial charge on any atom is 0.417 e. The number of nitrogens with one attached hydrogen (secondary N) is 2. The van der Waals surface area contributed by atoms with Crippen molar-refractivity contribution < 1.29 is 18.0 Å². The third-order valence-corrected chi connectivity index (χ3v) is 3.97. The molecule has 0 saturated carbocycles. The molecule has 0 aromatic carbocycles. The minimum atomic E-state index is -4.54. The second kappa shape index (κ2) is 7.20. The van der Waals surface area contributed by atoms with Gasteiger partial charge in [-0.05, 0) is 24.6 Å². The summed E-state index contributed by atoms with van der Waals surface area (Å²) in [6, 6.07) is 3.77. The predicted molar refractivity (Wildman–Crippen MR) is 90.3 cm³/mol. The van der Waals surface area contributed by atoms with Crippen LogP contribution in [0.3, 0.4) is 0 Å². The zero-order valence-corrected chi connectivity index (χ0v) is 13.9. The van der Waals surface area contributed by atoms with Crippen molar-refractivity contribution in [1.82, 2.24) is 15.4 Å². The summed E-state index contributed by atoms with van der Waals surface area (Å²) in [5.74, 6) is -0.469. The number of amides is 1. The van der Waals surface area contributed by atoms with Crippen LogP contribution in [0.15, 0.2) is 49.1 Å². The lowest BCUT2D eigenvalue weighted by atomic mass is 10.2. The van der Waals surface area contributed by atoms with E-state index in [4.69, 9.17) is 11.6 Å². The monoisotopic (exact) mass is 383 g/mol. The van der Waals surface area contributed by atoms with Gasteiger partial charge in [0.2, 0.25) is 0 Å². The van der Waals surface area contributed by atoms with Gasteiger partial charge in [-0.1, -0.05) is 17.7 Å². The average molecular weight is 384 g/mol. The number of halogens is 4. The molecule has 1 aliphatic rings. The van der Waals surface area contributed by atoms with E-state index in [1.54, 1.807) is 29.6 Å². The van der Waals surface area contributed by atoms with Gasteiger partial charge in [-0.3, -0.25) is 20.6 Å². The van der Waals surface area contributed by atoms with Crippen molar-refractivity contribution >= 4 is 29.0 Å². The van der Waals surface area contributed by atoms with Crippen LogP contribution in [0, 0.1) is 0 Å². The largest absolute Gasteiger partial charge is 0.417 e. The van der Waals surface area contributed by atoms with Crippen LogP contribution in [0.4, 0.5) is 24.7 Å². The molecule has 0 saturated heterocycles. The summed E-state index contributed by atoms with van der Waals surface area (Å²) in [7, 11) is 0. The highest BCUT2D eigenvalue weighted by atomic mass is 35.5. The van der Waals surface area contributed by atoms with E-state index in [1.807, 2.05) is 12.1 Å². The van der Waals surface area contributed by atoms with Crippen LogP contribution in [0.5, 0.6) is 0 Å². The van der Waals surface area contributed by atoms with Crippen molar-refractivity contribution in [1.29, 1.82) is 0 Å². The van der Waals surface area contributed by atoms with Gasteiger partial charge < -0.3 is 4.90 Å². The summed E-state index contributed by atoms with van der Waals surface area (Å²) < 4.78 is 37.8. The molecular formula is C16H13ClF3N5O. The quantitative estimate of drug-likeness (QED) is 0.792. The minimum Gasteiger partial charge on any atom is -0.334 e. The van der Waals surface area contributed by atoms with Gasteiger partial charge in [0.15, 0.2) is 5.82 Å². The summed E-state index contributed by atoms with van der Waals surface area (Å²) in [5, 5.41) is -0.256. The summed E-state index contributed by atoms with van der Waals surface area (Å²) in [6.45, 7) is 0. The van der Waals surface area contributed by atoms with E-state index in [-0.39, 0.29) is 10.8 Å². The molecule has 3 rings (SSSR count). The van der Waals surface area contributed by atoms with Crippen molar-refractivity contribution in [3.8, 4) is 0 Å². The SMILES string of the molecule is O=C(NNc1ncc(C(F)(F)F)cc1Cl)C1CC=CN1c1cccnc1. The molecule has 1 atom stereocenters. The standard InChI is InChI=1S/C16H13ClF3N5O/c17-12-7-10(16(18,19)20)8-22-14(12)23-24-15(26)13-4-2-6-25(13)11-3-1-5-21-9-11/h1-3,5-9,13H,4H2,(H,22,23)(H,24,26). The van der Waals surface area contributed by atoms with Crippen molar-refractivity contribution in [2.45, 2.75) is 18.6 Å². The first-order valence-electron chi connectivity index (χ1n) is 7.50. The summed E-state index contributed by atoms with van der Waals surface area (Å²) in [5.41, 5.74) is 4.65. The zero-order chi connectivity index (χ0) is 18.7. The summed E-state index contributed by atoms with van der Waals surface area (Å²) >= 11 is 5.80. The van der Waals surface area contributed by atoms with E-state index in [0.717, 1.165) is 11.8 Å². The van der Waals surface area contributed by atoms with Gasteiger partial charge in [0.1, 0.15) is 6.04 Å². The molecule has 0 fully saturated rings. The maximum absolute atomic E-state index is 12.6. The third kappa shape index (κ3) is 3.88. The van der Waals surface area contributed by atoms with Crippen molar-refractivity contribution in [2.75, 3.05) is 10.3 Å². The van der Waals surface area contributed by atoms with E-state index in [9.17, 15) is 18.0 Å². The van der Waals surface area contributed by atoms with Crippen LogP contribution in [0.2, 0.25) is 5.02 Å². The first-order chi connectivity index (χ1) is 12.4.